The van der Waals surface area contributed by atoms with Crippen molar-refractivity contribution in [2.24, 2.45) is 0 Å². The van der Waals surface area contributed by atoms with Gasteiger partial charge < -0.3 is 4.98 Å². The van der Waals surface area contributed by atoms with Crippen molar-refractivity contribution in [3.63, 3.8) is 0 Å². The van der Waals surface area contributed by atoms with E-state index in [9.17, 15) is 26.7 Å². The minimum Gasteiger partial charge on any atom is -0.318 e. The third-order valence-corrected chi connectivity index (χ3v) is 1.71. The van der Waals surface area contributed by atoms with E-state index in [4.69, 9.17) is 5.26 Å². The number of aromatic nitrogens is 1. The molecule has 0 aromatic carbocycles. The van der Waals surface area contributed by atoms with Crippen LogP contribution in [0.15, 0.2) is 10.9 Å². The average Bonchev–Trinajstić information content (AvgIpc) is 2.14. The average molecular weight is 238 g/mol. The van der Waals surface area contributed by atoms with E-state index in [1.54, 1.807) is 0 Å². The third-order valence-electron chi connectivity index (χ3n) is 1.71. The quantitative estimate of drug-likeness (QED) is 0.762. The number of alkyl halides is 5. The van der Waals surface area contributed by atoms with Gasteiger partial charge in [0.15, 0.2) is 0 Å². The molecule has 1 heterocycles. The van der Waals surface area contributed by atoms with Crippen LogP contribution in [0.1, 0.15) is 23.2 Å². The molecular formula is C8H3F5N2O. The zero-order chi connectivity index (χ0) is 12.5. The van der Waals surface area contributed by atoms with Gasteiger partial charge in [-0.3, -0.25) is 4.79 Å². The highest BCUT2D eigenvalue weighted by Gasteiger charge is 2.38. The van der Waals surface area contributed by atoms with E-state index in [0.717, 1.165) is 6.07 Å². The standard InChI is InChI=1S/C8H3F5N2O/c9-7(10)5-3(2-14)1-4(16)15-6(5)8(11,12)13/h1,7H,(H,15,16). The monoisotopic (exact) mass is 238 g/mol. The molecule has 16 heavy (non-hydrogen) atoms. The Morgan fingerprint density at radius 3 is 2.31 bits per heavy atom. The van der Waals surface area contributed by atoms with Crippen LogP contribution < -0.4 is 5.56 Å². The maximum absolute atomic E-state index is 12.4. The lowest BCUT2D eigenvalue weighted by Gasteiger charge is -2.12. The molecule has 0 aliphatic carbocycles. The number of nitrogens with zero attached hydrogens (tertiary/aromatic N) is 1. The largest absolute Gasteiger partial charge is 0.431 e. The maximum atomic E-state index is 12.4. The molecule has 3 nitrogen and oxygen atoms in total. The lowest BCUT2D eigenvalue weighted by molar-refractivity contribution is -0.143. The Balaban J connectivity index is 3.66. The minimum atomic E-state index is -5.14. The molecule has 1 aromatic rings. The second kappa shape index (κ2) is 3.92. The molecule has 0 radical (unpaired) electrons. The molecule has 0 spiro atoms. The van der Waals surface area contributed by atoms with Crippen molar-refractivity contribution < 1.29 is 22.0 Å². The molecular weight excluding hydrogens is 235 g/mol. The molecule has 0 saturated heterocycles. The topological polar surface area (TPSA) is 56.6 Å². The third kappa shape index (κ3) is 2.18. The van der Waals surface area contributed by atoms with Crippen molar-refractivity contribution in [2.75, 3.05) is 0 Å². The first-order chi connectivity index (χ1) is 7.27. The van der Waals surface area contributed by atoms with Gasteiger partial charge in [-0.1, -0.05) is 0 Å². The van der Waals surface area contributed by atoms with Crippen LogP contribution in [0, 0.1) is 11.3 Å². The molecule has 0 unspecified atom stereocenters. The molecule has 1 rings (SSSR count). The Morgan fingerprint density at radius 2 is 1.94 bits per heavy atom. The highest BCUT2D eigenvalue weighted by atomic mass is 19.4. The fourth-order valence-corrected chi connectivity index (χ4v) is 1.11. The molecule has 8 heteroatoms. The number of rotatable bonds is 1. The van der Waals surface area contributed by atoms with Gasteiger partial charge in [0, 0.05) is 6.07 Å². The predicted octanol–water partition coefficient (Wildman–Crippen LogP) is 2.20. The van der Waals surface area contributed by atoms with Gasteiger partial charge in [0.1, 0.15) is 5.69 Å². The summed E-state index contributed by atoms with van der Waals surface area (Å²) in [4.78, 5) is 12.0. The summed E-state index contributed by atoms with van der Waals surface area (Å²) in [5, 5.41) is 8.38. The van der Waals surface area contributed by atoms with Crippen LogP contribution in [-0.2, 0) is 6.18 Å². The Labute approximate surface area is 85.1 Å². The molecule has 0 amide bonds. The lowest BCUT2D eigenvalue weighted by Crippen LogP contribution is -2.20. The number of halogens is 5. The van der Waals surface area contributed by atoms with Crippen molar-refractivity contribution in [3.8, 4) is 6.07 Å². The minimum absolute atomic E-state index is 0.400. The second-order valence-corrected chi connectivity index (χ2v) is 2.75. The van der Waals surface area contributed by atoms with E-state index in [1.165, 1.54) is 4.98 Å². The van der Waals surface area contributed by atoms with Gasteiger partial charge in [-0.25, -0.2) is 8.78 Å². The normalized spacial score (nSPS) is 11.6. The first-order valence-electron chi connectivity index (χ1n) is 3.80. The van der Waals surface area contributed by atoms with Crippen molar-refractivity contribution in [3.05, 3.63) is 33.2 Å². The van der Waals surface area contributed by atoms with Crippen LogP contribution in [0.25, 0.3) is 0 Å². The molecule has 0 saturated carbocycles. The Morgan fingerprint density at radius 1 is 1.38 bits per heavy atom. The van der Waals surface area contributed by atoms with Gasteiger partial charge in [-0.2, -0.15) is 18.4 Å². The Kier molecular flexibility index (Phi) is 2.98. The summed E-state index contributed by atoms with van der Waals surface area (Å²) in [5.74, 6) is 0. The molecule has 0 atom stereocenters. The summed E-state index contributed by atoms with van der Waals surface area (Å²) >= 11 is 0. The van der Waals surface area contributed by atoms with Crippen molar-refractivity contribution in [1.29, 1.82) is 5.26 Å². The zero-order valence-electron chi connectivity index (χ0n) is 7.40. The van der Waals surface area contributed by atoms with Gasteiger partial charge in [-0.05, 0) is 0 Å². The second-order valence-electron chi connectivity index (χ2n) is 2.75. The summed E-state index contributed by atoms with van der Waals surface area (Å²) in [5.41, 5.74) is -5.62. The van der Waals surface area contributed by atoms with Crippen molar-refractivity contribution in [1.82, 2.24) is 4.98 Å². The summed E-state index contributed by atoms with van der Waals surface area (Å²) in [6.45, 7) is 0. The number of hydrogen-bond donors (Lipinski definition) is 1. The molecule has 86 valence electrons. The van der Waals surface area contributed by atoms with Crippen LogP contribution in [0.5, 0.6) is 0 Å². The van der Waals surface area contributed by atoms with E-state index < -0.39 is 35.0 Å². The van der Waals surface area contributed by atoms with Crippen molar-refractivity contribution in [2.45, 2.75) is 12.6 Å². The number of nitrogens with one attached hydrogen (secondary N) is 1. The van der Waals surface area contributed by atoms with Crippen LogP contribution in [0.2, 0.25) is 0 Å². The van der Waals surface area contributed by atoms with Crippen LogP contribution >= 0.6 is 0 Å². The molecule has 0 aliphatic heterocycles. The molecule has 1 aromatic heterocycles. The predicted molar refractivity (Wildman–Crippen MR) is 41.7 cm³/mol. The van der Waals surface area contributed by atoms with E-state index in [1.807, 2.05) is 0 Å². The van der Waals surface area contributed by atoms with Gasteiger partial charge in [0.2, 0.25) is 5.56 Å². The molecule has 0 bridgehead atoms. The summed E-state index contributed by atoms with van der Waals surface area (Å²) in [7, 11) is 0. The molecule has 0 fully saturated rings. The SMILES string of the molecule is N#Cc1cc(=O)[nH]c(C(F)(F)F)c1C(F)F. The van der Waals surface area contributed by atoms with E-state index in [0.29, 0.717) is 6.07 Å². The number of H-pyrrole nitrogens is 1. The maximum Gasteiger partial charge on any atom is 0.431 e. The highest BCUT2D eigenvalue weighted by molar-refractivity contribution is 5.41. The van der Waals surface area contributed by atoms with E-state index in [2.05, 4.69) is 0 Å². The molecule has 0 aliphatic rings. The van der Waals surface area contributed by atoms with Gasteiger partial charge in [-0.15, -0.1) is 0 Å². The Hall–Kier alpha value is -1.91. The zero-order valence-corrected chi connectivity index (χ0v) is 7.40. The summed E-state index contributed by atoms with van der Waals surface area (Å²) < 4.78 is 61.6. The van der Waals surface area contributed by atoms with Crippen LogP contribution in [-0.4, -0.2) is 4.98 Å². The Bertz CT molecular complexity index is 497. The number of hydrogen-bond acceptors (Lipinski definition) is 2. The first kappa shape index (κ1) is 12.2. The fourth-order valence-electron chi connectivity index (χ4n) is 1.11. The summed E-state index contributed by atoms with van der Waals surface area (Å²) in [6.07, 6.45) is -8.64. The van der Waals surface area contributed by atoms with Gasteiger partial charge in [0.25, 0.3) is 6.43 Å². The fraction of sp³-hybridized carbons (Fsp3) is 0.250. The number of pyridine rings is 1. The van der Waals surface area contributed by atoms with E-state index in [-0.39, 0.29) is 0 Å². The van der Waals surface area contributed by atoms with Crippen LogP contribution in [0.3, 0.4) is 0 Å². The number of aromatic amines is 1. The molecule has 1 N–H and O–H groups in total. The van der Waals surface area contributed by atoms with Crippen LogP contribution in [0.4, 0.5) is 22.0 Å². The smallest absolute Gasteiger partial charge is 0.318 e. The number of nitriles is 1. The van der Waals surface area contributed by atoms with Gasteiger partial charge in [0.05, 0.1) is 17.2 Å². The lowest BCUT2D eigenvalue weighted by atomic mass is 10.1. The highest BCUT2D eigenvalue weighted by Crippen LogP contribution is 2.35. The van der Waals surface area contributed by atoms with Gasteiger partial charge >= 0.3 is 6.18 Å². The van der Waals surface area contributed by atoms with E-state index >= 15 is 0 Å². The first-order valence-corrected chi connectivity index (χ1v) is 3.80. The van der Waals surface area contributed by atoms with Crippen molar-refractivity contribution >= 4 is 0 Å². The summed E-state index contributed by atoms with van der Waals surface area (Å²) in [6, 6.07) is 1.53.